The van der Waals surface area contributed by atoms with Crippen LogP contribution >= 0.6 is 0 Å². The van der Waals surface area contributed by atoms with Crippen molar-refractivity contribution in [1.82, 2.24) is 15.1 Å². The number of nitrogens with zero attached hydrogens (tertiary/aromatic N) is 2. The molecule has 1 aromatic heterocycles. The lowest BCUT2D eigenvalue weighted by molar-refractivity contribution is 0.0909. The minimum atomic E-state index is 0.0387. The monoisotopic (exact) mass is 249 g/mol. The van der Waals surface area contributed by atoms with Crippen molar-refractivity contribution in [1.29, 1.82) is 0 Å². The van der Waals surface area contributed by atoms with Crippen LogP contribution in [0.4, 0.5) is 0 Å². The van der Waals surface area contributed by atoms with Crippen molar-refractivity contribution in [3.63, 3.8) is 0 Å². The Labute approximate surface area is 109 Å². The Bertz CT molecular complexity index is 450. The van der Waals surface area contributed by atoms with E-state index in [4.69, 9.17) is 0 Å². The number of aryl methyl sites for hydroxylation is 2. The molecule has 2 rings (SSSR count). The van der Waals surface area contributed by atoms with Crippen LogP contribution in [-0.2, 0) is 7.05 Å². The molecule has 0 aliphatic heterocycles. The predicted octanol–water partition coefficient (Wildman–Crippen LogP) is 2.35. The Hall–Kier alpha value is -1.32. The summed E-state index contributed by atoms with van der Waals surface area (Å²) in [6, 6.07) is 0.324. The van der Waals surface area contributed by atoms with Gasteiger partial charge in [-0.15, -0.1) is 0 Å². The number of nitrogens with one attached hydrogen (secondary N) is 1. The molecule has 18 heavy (non-hydrogen) atoms. The van der Waals surface area contributed by atoms with E-state index in [1.807, 2.05) is 20.9 Å². The van der Waals surface area contributed by atoms with Gasteiger partial charge in [-0.05, 0) is 32.6 Å². The highest BCUT2D eigenvalue weighted by Gasteiger charge is 2.25. The van der Waals surface area contributed by atoms with Crippen LogP contribution in [0.1, 0.15) is 54.4 Å². The maximum Gasteiger partial charge on any atom is 0.255 e. The van der Waals surface area contributed by atoms with Gasteiger partial charge >= 0.3 is 0 Å². The van der Waals surface area contributed by atoms with E-state index in [1.165, 1.54) is 19.3 Å². The van der Waals surface area contributed by atoms with Gasteiger partial charge in [-0.2, -0.15) is 5.10 Å². The third-order valence-electron chi connectivity index (χ3n) is 4.16. The van der Waals surface area contributed by atoms with Gasteiger partial charge in [0.1, 0.15) is 0 Å². The first-order valence-electron chi connectivity index (χ1n) is 6.81. The van der Waals surface area contributed by atoms with Gasteiger partial charge in [-0.25, -0.2) is 0 Å². The van der Waals surface area contributed by atoms with Crippen LogP contribution in [0.5, 0.6) is 0 Å². The summed E-state index contributed by atoms with van der Waals surface area (Å²) >= 11 is 0. The first-order chi connectivity index (χ1) is 8.50. The second-order valence-corrected chi connectivity index (χ2v) is 5.51. The van der Waals surface area contributed by atoms with E-state index in [2.05, 4.69) is 17.3 Å². The summed E-state index contributed by atoms with van der Waals surface area (Å²) in [6.07, 6.45) is 4.83. The number of aromatic nitrogens is 2. The Morgan fingerprint density at radius 3 is 2.56 bits per heavy atom. The molecule has 4 nitrogen and oxygen atoms in total. The summed E-state index contributed by atoms with van der Waals surface area (Å²) in [5.41, 5.74) is 2.50. The van der Waals surface area contributed by atoms with Gasteiger partial charge in [0.05, 0.1) is 11.3 Å². The summed E-state index contributed by atoms with van der Waals surface area (Å²) in [7, 11) is 1.88. The molecule has 1 amide bonds. The van der Waals surface area contributed by atoms with Gasteiger partial charge in [0.15, 0.2) is 0 Å². The summed E-state index contributed by atoms with van der Waals surface area (Å²) in [5, 5.41) is 7.49. The van der Waals surface area contributed by atoms with E-state index in [0.29, 0.717) is 12.0 Å². The lowest BCUT2D eigenvalue weighted by atomic mass is 9.86. The van der Waals surface area contributed by atoms with Gasteiger partial charge in [0, 0.05) is 18.8 Å². The van der Waals surface area contributed by atoms with E-state index in [-0.39, 0.29) is 5.91 Å². The smallest absolute Gasteiger partial charge is 0.255 e. The summed E-state index contributed by atoms with van der Waals surface area (Å²) < 4.78 is 1.77. The highest BCUT2D eigenvalue weighted by Crippen LogP contribution is 2.24. The normalized spacial score (nSPS) is 24.0. The molecule has 0 unspecified atom stereocenters. The molecular formula is C14H23N3O. The molecule has 1 aliphatic carbocycles. The van der Waals surface area contributed by atoms with Crippen molar-refractivity contribution in [2.75, 3.05) is 0 Å². The number of hydrogen-bond acceptors (Lipinski definition) is 2. The fraction of sp³-hybridized carbons (Fsp3) is 0.714. The van der Waals surface area contributed by atoms with E-state index >= 15 is 0 Å². The van der Waals surface area contributed by atoms with Crippen LogP contribution in [0.2, 0.25) is 0 Å². The number of rotatable bonds is 2. The molecule has 0 spiro atoms. The van der Waals surface area contributed by atoms with Crippen LogP contribution < -0.4 is 5.32 Å². The van der Waals surface area contributed by atoms with E-state index in [9.17, 15) is 4.79 Å². The number of amides is 1. The minimum Gasteiger partial charge on any atom is -0.349 e. The molecule has 0 aromatic carbocycles. The average Bonchev–Trinajstić information content (AvgIpc) is 2.56. The third kappa shape index (κ3) is 2.42. The van der Waals surface area contributed by atoms with Crippen LogP contribution in [0, 0.1) is 19.8 Å². The zero-order valence-electron chi connectivity index (χ0n) is 11.8. The molecule has 0 saturated heterocycles. The molecule has 1 aromatic rings. The molecule has 1 heterocycles. The summed E-state index contributed by atoms with van der Waals surface area (Å²) in [5.74, 6) is 0.622. The van der Waals surface area contributed by atoms with Crippen molar-refractivity contribution in [2.24, 2.45) is 13.0 Å². The number of carbonyl (C=O) groups is 1. The van der Waals surface area contributed by atoms with Crippen molar-refractivity contribution < 1.29 is 4.79 Å². The van der Waals surface area contributed by atoms with Crippen LogP contribution in [0.25, 0.3) is 0 Å². The molecule has 1 saturated carbocycles. The van der Waals surface area contributed by atoms with Crippen molar-refractivity contribution in [3.05, 3.63) is 17.0 Å². The van der Waals surface area contributed by atoms with Crippen molar-refractivity contribution in [2.45, 2.75) is 52.5 Å². The molecular weight excluding hydrogens is 226 g/mol. The van der Waals surface area contributed by atoms with Gasteiger partial charge in [-0.1, -0.05) is 19.8 Å². The third-order valence-corrected chi connectivity index (χ3v) is 4.16. The SMILES string of the molecule is Cc1nn(C)c(C)c1C(=O)N[C@@H]1CCCC[C@@H]1C. The molecule has 0 bridgehead atoms. The van der Waals surface area contributed by atoms with Crippen molar-refractivity contribution >= 4 is 5.91 Å². The largest absolute Gasteiger partial charge is 0.349 e. The molecule has 4 heteroatoms. The molecule has 100 valence electrons. The van der Waals surface area contributed by atoms with E-state index < -0.39 is 0 Å². The lowest BCUT2D eigenvalue weighted by Crippen LogP contribution is -2.41. The first kappa shape index (κ1) is 13.1. The second-order valence-electron chi connectivity index (χ2n) is 5.51. The summed E-state index contributed by atoms with van der Waals surface area (Å²) in [4.78, 5) is 12.3. The fourth-order valence-corrected chi connectivity index (χ4v) is 2.87. The first-order valence-corrected chi connectivity index (χ1v) is 6.81. The molecule has 2 atom stereocenters. The second kappa shape index (κ2) is 5.12. The standard InChI is InChI=1S/C14H23N3O/c1-9-7-5-6-8-12(9)15-14(18)13-10(2)16-17(4)11(13)3/h9,12H,5-8H2,1-4H3,(H,15,18)/t9-,12+/m0/s1. The van der Waals surface area contributed by atoms with Gasteiger partial charge in [0.25, 0.3) is 5.91 Å². The zero-order valence-corrected chi connectivity index (χ0v) is 11.8. The average molecular weight is 249 g/mol. The molecule has 0 radical (unpaired) electrons. The Kier molecular flexibility index (Phi) is 3.73. The zero-order chi connectivity index (χ0) is 13.3. The maximum atomic E-state index is 12.3. The van der Waals surface area contributed by atoms with Crippen molar-refractivity contribution in [3.8, 4) is 0 Å². The van der Waals surface area contributed by atoms with E-state index in [1.54, 1.807) is 4.68 Å². The van der Waals surface area contributed by atoms with Crippen LogP contribution in [0.3, 0.4) is 0 Å². The molecule has 1 fully saturated rings. The molecule has 1 aliphatic rings. The maximum absolute atomic E-state index is 12.3. The van der Waals surface area contributed by atoms with Gasteiger partial charge < -0.3 is 5.32 Å². The Morgan fingerprint density at radius 1 is 1.33 bits per heavy atom. The number of carbonyl (C=O) groups excluding carboxylic acids is 1. The predicted molar refractivity (Wildman–Crippen MR) is 71.6 cm³/mol. The van der Waals surface area contributed by atoms with Crippen LogP contribution in [0.15, 0.2) is 0 Å². The quantitative estimate of drug-likeness (QED) is 0.874. The Balaban J connectivity index is 2.12. The molecule has 1 N–H and O–H groups in total. The topological polar surface area (TPSA) is 46.9 Å². The van der Waals surface area contributed by atoms with Gasteiger partial charge in [0.2, 0.25) is 0 Å². The van der Waals surface area contributed by atoms with E-state index in [0.717, 1.165) is 23.4 Å². The van der Waals surface area contributed by atoms with Gasteiger partial charge in [-0.3, -0.25) is 9.48 Å². The minimum absolute atomic E-state index is 0.0387. The lowest BCUT2D eigenvalue weighted by Gasteiger charge is -2.29. The van der Waals surface area contributed by atoms with Crippen LogP contribution in [-0.4, -0.2) is 21.7 Å². The number of hydrogen-bond donors (Lipinski definition) is 1. The fourth-order valence-electron chi connectivity index (χ4n) is 2.87. The Morgan fingerprint density at radius 2 is 2.00 bits per heavy atom. The highest BCUT2D eigenvalue weighted by molar-refractivity contribution is 5.96. The highest BCUT2D eigenvalue weighted by atomic mass is 16.1. The summed E-state index contributed by atoms with van der Waals surface area (Å²) in [6.45, 7) is 6.07.